The molecule has 8 heteroatoms. The number of halogens is 2. The van der Waals surface area contributed by atoms with E-state index in [1.54, 1.807) is 24.3 Å². The second kappa shape index (κ2) is 9.30. The Morgan fingerprint density at radius 2 is 1.72 bits per heavy atom. The van der Waals surface area contributed by atoms with Crippen molar-refractivity contribution in [2.75, 3.05) is 26.4 Å². The minimum Gasteiger partial charge on any atom is -0.507 e. The van der Waals surface area contributed by atoms with Crippen LogP contribution in [0.15, 0.2) is 58.6 Å². The summed E-state index contributed by atoms with van der Waals surface area (Å²) in [5.41, 5.74) is 0.812. The van der Waals surface area contributed by atoms with Gasteiger partial charge < -0.3 is 19.8 Å². The van der Waals surface area contributed by atoms with Gasteiger partial charge in [0.05, 0.1) is 31.4 Å². The number of hydrogen-bond donors (Lipinski definition) is 2. The van der Waals surface area contributed by atoms with Crippen LogP contribution in [-0.4, -0.2) is 53.2 Å². The lowest BCUT2D eigenvalue weighted by Gasteiger charge is -2.25. The van der Waals surface area contributed by atoms with Gasteiger partial charge in [-0.1, -0.05) is 40.2 Å². The Morgan fingerprint density at radius 3 is 2.34 bits per heavy atom. The number of rotatable bonds is 7. The van der Waals surface area contributed by atoms with Crippen LogP contribution in [0.1, 0.15) is 17.2 Å². The second-order valence-electron chi connectivity index (χ2n) is 6.39. The number of aliphatic hydroxyl groups excluding tert-OH is 2. The third-order valence-electron chi connectivity index (χ3n) is 4.56. The molecule has 29 heavy (non-hydrogen) atoms. The molecular formula is C21H19BrFNO5. The van der Waals surface area contributed by atoms with Crippen LogP contribution in [0.3, 0.4) is 0 Å². The Hall–Kier alpha value is -2.55. The van der Waals surface area contributed by atoms with Crippen LogP contribution in [-0.2, 0) is 14.3 Å². The van der Waals surface area contributed by atoms with Crippen LogP contribution in [0.5, 0.6) is 0 Å². The standard InChI is InChI=1S/C21H19BrFNO5/c22-15-5-1-14(2-6-15)19(26)17-18(13-3-7-16(23)8-4-13)24(21(28)20(17)27)9-11-29-12-10-25/h1-8,18,25-26H,9-12H2/b19-17+. The normalized spacial score (nSPS) is 18.4. The molecule has 2 aromatic carbocycles. The minimum atomic E-state index is -0.878. The predicted molar refractivity (Wildman–Crippen MR) is 107 cm³/mol. The lowest BCUT2D eigenvalue weighted by Crippen LogP contribution is -2.33. The number of hydrogen-bond acceptors (Lipinski definition) is 5. The van der Waals surface area contributed by atoms with E-state index in [0.29, 0.717) is 11.1 Å². The van der Waals surface area contributed by atoms with Gasteiger partial charge in [0.2, 0.25) is 0 Å². The van der Waals surface area contributed by atoms with Crippen LogP contribution in [0.4, 0.5) is 4.39 Å². The van der Waals surface area contributed by atoms with Crippen molar-refractivity contribution in [2.24, 2.45) is 0 Å². The molecule has 1 fully saturated rings. The first-order valence-electron chi connectivity index (χ1n) is 8.92. The largest absolute Gasteiger partial charge is 0.507 e. The highest BCUT2D eigenvalue weighted by molar-refractivity contribution is 9.10. The van der Waals surface area contributed by atoms with Crippen molar-refractivity contribution < 1.29 is 28.9 Å². The molecule has 2 aromatic rings. The summed E-state index contributed by atoms with van der Waals surface area (Å²) in [6.45, 7) is 0.112. The average molecular weight is 464 g/mol. The highest BCUT2D eigenvalue weighted by atomic mass is 79.9. The maximum Gasteiger partial charge on any atom is 0.295 e. The minimum absolute atomic E-state index is 0.0638. The molecule has 1 aliphatic heterocycles. The van der Waals surface area contributed by atoms with E-state index in [2.05, 4.69) is 15.9 Å². The quantitative estimate of drug-likeness (QED) is 0.285. The number of ketones is 1. The third-order valence-corrected chi connectivity index (χ3v) is 5.08. The number of Topliss-reactive ketones (excluding diaryl/α,β-unsaturated/α-hetero) is 1. The van der Waals surface area contributed by atoms with Gasteiger partial charge in [0, 0.05) is 16.6 Å². The van der Waals surface area contributed by atoms with Gasteiger partial charge in [-0.2, -0.15) is 0 Å². The molecule has 1 aliphatic rings. The smallest absolute Gasteiger partial charge is 0.295 e. The molecule has 3 rings (SSSR count). The van der Waals surface area contributed by atoms with E-state index in [1.165, 1.54) is 29.2 Å². The lowest BCUT2D eigenvalue weighted by molar-refractivity contribution is -0.140. The molecule has 152 valence electrons. The van der Waals surface area contributed by atoms with Crippen molar-refractivity contribution in [3.05, 3.63) is 75.5 Å². The number of aliphatic hydroxyl groups is 2. The van der Waals surface area contributed by atoms with Gasteiger partial charge in [0.25, 0.3) is 11.7 Å². The van der Waals surface area contributed by atoms with Crippen LogP contribution in [0, 0.1) is 5.82 Å². The lowest BCUT2D eigenvalue weighted by atomic mass is 9.95. The highest BCUT2D eigenvalue weighted by Crippen LogP contribution is 2.39. The van der Waals surface area contributed by atoms with Gasteiger partial charge in [-0.3, -0.25) is 9.59 Å². The molecule has 1 atom stereocenters. The summed E-state index contributed by atoms with van der Waals surface area (Å²) in [4.78, 5) is 26.7. The van der Waals surface area contributed by atoms with Gasteiger partial charge in [0.1, 0.15) is 11.6 Å². The molecule has 1 heterocycles. The number of ether oxygens (including phenoxy) is 1. The fraction of sp³-hybridized carbons (Fsp3) is 0.238. The van der Waals surface area contributed by atoms with E-state index in [4.69, 9.17) is 9.84 Å². The number of carbonyl (C=O) groups excluding carboxylic acids is 2. The summed E-state index contributed by atoms with van der Waals surface area (Å²) in [6, 6.07) is 11.2. The van der Waals surface area contributed by atoms with Crippen molar-refractivity contribution in [3.8, 4) is 0 Å². The number of benzene rings is 2. The fourth-order valence-electron chi connectivity index (χ4n) is 3.20. The number of nitrogens with zero attached hydrogens (tertiary/aromatic N) is 1. The molecule has 1 saturated heterocycles. The summed E-state index contributed by atoms with van der Waals surface area (Å²) in [7, 11) is 0. The molecule has 0 spiro atoms. The molecule has 2 N–H and O–H groups in total. The van der Waals surface area contributed by atoms with E-state index in [0.717, 1.165) is 4.47 Å². The average Bonchev–Trinajstić information content (AvgIpc) is 2.96. The first kappa shape index (κ1) is 21.2. The van der Waals surface area contributed by atoms with Gasteiger partial charge in [-0.05, 0) is 29.8 Å². The fourth-order valence-corrected chi connectivity index (χ4v) is 3.46. The number of amides is 1. The molecule has 6 nitrogen and oxygen atoms in total. The maximum atomic E-state index is 13.4. The van der Waals surface area contributed by atoms with Crippen molar-refractivity contribution in [1.82, 2.24) is 4.90 Å². The third kappa shape index (κ3) is 4.55. The SMILES string of the molecule is O=C1C(=O)N(CCOCCO)C(c2ccc(F)cc2)/C1=C(\O)c1ccc(Br)cc1. The number of likely N-dealkylation sites (tertiary alicyclic amines) is 1. The van der Waals surface area contributed by atoms with Gasteiger partial charge in [0.15, 0.2) is 0 Å². The van der Waals surface area contributed by atoms with E-state index in [-0.39, 0.29) is 37.7 Å². The van der Waals surface area contributed by atoms with Crippen molar-refractivity contribution >= 4 is 33.4 Å². The summed E-state index contributed by atoms with van der Waals surface area (Å²) in [5, 5.41) is 19.7. The molecule has 0 aromatic heterocycles. The zero-order valence-corrected chi connectivity index (χ0v) is 16.9. The van der Waals surface area contributed by atoms with Crippen LogP contribution in [0.2, 0.25) is 0 Å². The summed E-state index contributed by atoms with van der Waals surface area (Å²) >= 11 is 3.31. The number of carbonyl (C=O) groups is 2. The maximum absolute atomic E-state index is 13.4. The zero-order valence-electron chi connectivity index (χ0n) is 15.3. The molecule has 0 radical (unpaired) electrons. The summed E-state index contributed by atoms with van der Waals surface area (Å²) in [6.07, 6.45) is 0. The Kier molecular flexibility index (Phi) is 6.79. The molecular weight excluding hydrogens is 445 g/mol. The predicted octanol–water partition coefficient (Wildman–Crippen LogP) is 3.02. The molecule has 0 aliphatic carbocycles. The van der Waals surface area contributed by atoms with Crippen molar-refractivity contribution in [3.63, 3.8) is 0 Å². The highest BCUT2D eigenvalue weighted by Gasteiger charge is 2.45. The van der Waals surface area contributed by atoms with Crippen LogP contribution < -0.4 is 0 Å². The Labute approximate surface area is 175 Å². The Bertz CT molecular complexity index is 927. The first-order valence-corrected chi connectivity index (χ1v) is 9.71. The van der Waals surface area contributed by atoms with Gasteiger partial charge in [-0.25, -0.2) is 4.39 Å². The van der Waals surface area contributed by atoms with Crippen LogP contribution >= 0.6 is 15.9 Å². The van der Waals surface area contributed by atoms with Gasteiger partial charge in [-0.15, -0.1) is 0 Å². The van der Waals surface area contributed by atoms with Crippen molar-refractivity contribution in [1.29, 1.82) is 0 Å². The topological polar surface area (TPSA) is 87.1 Å². The summed E-state index contributed by atoms with van der Waals surface area (Å²) < 4.78 is 19.4. The molecule has 1 unspecified atom stereocenters. The van der Waals surface area contributed by atoms with E-state index < -0.39 is 23.5 Å². The molecule has 1 amide bonds. The second-order valence-corrected chi connectivity index (χ2v) is 7.30. The monoisotopic (exact) mass is 463 g/mol. The van der Waals surface area contributed by atoms with E-state index in [9.17, 15) is 19.1 Å². The van der Waals surface area contributed by atoms with Gasteiger partial charge >= 0.3 is 0 Å². The molecule has 0 saturated carbocycles. The molecule has 0 bridgehead atoms. The van der Waals surface area contributed by atoms with Crippen molar-refractivity contribution in [2.45, 2.75) is 6.04 Å². The van der Waals surface area contributed by atoms with E-state index in [1.807, 2.05) is 0 Å². The Morgan fingerprint density at radius 1 is 1.07 bits per heavy atom. The Balaban J connectivity index is 2.05. The van der Waals surface area contributed by atoms with Crippen LogP contribution in [0.25, 0.3) is 5.76 Å². The zero-order chi connectivity index (χ0) is 21.0. The first-order chi connectivity index (χ1) is 13.9. The summed E-state index contributed by atoms with van der Waals surface area (Å²) in [5.74, 6) is -2.35. The van der Waals surface area contributed by atoms with E-state index >= 15 is 0 Å².